The van der Waals surface area contributed by atoms with Gasteiger partial charge in [0, 0.05) is 18.3 Å². The lowest BCUT2D eigenvalue weighted by atomic mass is 10.3. The van der Waals surface area contributed by atoms with Gasteiger partial charge in [-0.3, -0.25) is 20.2 Å². The summed E-state index contributed by atoms with van der Waals surface area (Å²) < 4.78 is 0. The number of aromatic nitrogens is 1. The van der Waals surface area contributed by atoms with Crippen LogP contribution in [-0.2, 0) is 0 Å². The Balaban J connectivity index is 0.000000218. The number of hydrogen-bond acceptors (Lipinski definition) is 5. The van der Waals surface area contributed by atoms with Gasteiger partial charge in [-0.15, -0.1) is 0 Å². The van der Waals surface area contributed by atoms with E-state index in [2.05, 4.69) is 4.98 Å². The number of benzene rings is 1. The van der Waals surface area contributed by atoms with Crippen molar-refractivity contribution >= 4 is 23.0 Å². The summed E-state index contributed by atoms with van der Waals surface area (Å²) in [7, 11) is 0. The SMILES string of the molecule is Clc1ccccn1.O=[N+]([O-])c1cccc([N+](=O)[O-])c1. The molecule has 19 heavy (non-hydrogen) atoms. The Bertz CT molecular complexity index is 548. The number of hydrogen-bond donors (Lipinski definition) is 0. The van der Waals surface area contributed by atoms with Gasteiger partial charge < -0.3 is 0 Å². The van der Waals surface area contributed by atoms with Crippen molar-refractivity contribution < 1.29 is 9.85 Å². The second kappa shape index (κ2) is 7.02. The second-order valence-corrected chi connectivity index (χ2v) is 3.57. The van der Waals surface area contributed by atoms with Gasteiger partial charge in [0.1, 0.15) is 5.15 Å². The highest BCUT2D eigenvalue weighted by Crippen LogP contribution is 2.18. The highest BCUT2D eigenvalue weighted by Gasteiger charge is 2.11. The molecule has 0 unspecified atom stereocenters. The van der Waals surface area contributed by atoms with E-state index in [0.29, 0.717) is 5.15 Å². The van der Waals surface area contributed by atoms with Crippen molar-refractivity contribution in [1.82, 2.24) is 4.98 Å². The number of nitrogens with zero attached hydrogens (tertiary/aromatic N) is 3. The molecule has 0 bridgehead atoms. The minimum Gasteiger partial charge on any atom is -0.258 e. The fraction of sp³-hybridized carbons (Fsp3) is 0. The van der Waals surface area contributed by atoms with Gasteiger partial charge in [0.15, 0.2) is 0 Å². The van der Waals surface area contributed by atoms with E-state index in [1.807, 2.05) is 12.1 Å². The molecular weight excluding hydrogens is 274 g/mol. The maximum atomic E-state index is 10.2. The zero-order valence-corrected chi connectivity index (χ0v) is 10.2. The van der Waals surface area contributed by atoms with Crippen LogP contribution in [0.5, 0.6) is 0 Å². The molecule has 0 fully saturated rings. The van der Waals surface area contributed by atoms with E-state index in [4.69, 9.17) is 11.6 Å². The van der Waals surface area contributed by atoms with E-state index in [0.717, 1.165) is 6.07 Å². The van der Waals surface area contributed by atoms with E-state index in [-0.39, 0.29) is 11.4 Å². The van der Waals surface area contributed by atoms with Crippen molar-refractivity contribution in [2.75, 3.05) is 0 Å². The molecule has 0 atom stereocenters. The van der Waals surface area contributed by atoms with E-state index >= 15 is 0 Å². The van der Waals surface area contributed by atoms with Crippen LogP contribution < -0.4 is 0 Å². The zero-order chi connectivity index (χ0) is 14.3. The fourth-order valence-corrected chi connectivity index (χ4v) is 1.19. The largest absolute Gasteiger partial charge is 0.276 e. The smallest absolute Gasteiger partial charge is 0.258 e. The number of pyridine rings is 1. The predicted octanol–water partition coefficient (Wildman–Crippen LogP) is 3.24. The van der Waals surface area contributed by atoms with E-state index in [9.17, 15) is 20.2 Å². The quantitative estimate of drug-likeness (QED) is 0.478. The standard InChI is InChI=1S/C6H4N2O4.C5H4ClN/c9-7(10)5-2-1-3-6(4-5)8(11)12;6-5-3-1-2-4-7-5/h1-4H;1-4H. The Morgan fingerprint density at radius 1 is 0.947 bits per heavy atom. The number of halogens is 1. The van der Waals surface area contributed by atoms with E-state index in [1.54, 1.807) is 12.3 Å². The summed E-state index contributed by atoms with van der Waals surface area (Å²) in [6.07, 6.45) is 1.66. The molecule has 0 aliphatic rings. The summed E-state index contributed by atoms with van der Waals surface area (Å²) in [4.78, 5) is 22.7. The zero-order valence-electron chi connectivity index (χ0n) is 9.47. The molecule has 0 amide bonds. The average Bonchev–Trinajstić information content (AvgIpc) is 2.40. The van der Waals surface area contributed by atoms with Gasteiger partial charge in [-0.25, -0.2) is 4.98 Å². The van der Waals surface area contributed by atoms with Gasteiger partial charge in [-0.1, -0.05) is 17.7 Å². The van der Waals surface area contributed by atoms with Crippen molar-refractivity contribution in [3.63, 3.8) is 0 Å². The van der Waals surface area contributed by atoms with E-state index in [1.165, 1.54) is 18.2 Å². The molecule has 2 aromatic rings. The van der Waals surface area contributed by atoms with Gasteiger partial charge in [0.25, 0.3) is 11.4 Å². The van der Waals surface area contributed by atoms with Crippen molar-refractivity contribution in [3.05, 3.63) is 74.0 Å². The van der Waals surface area contributed by atoms with Crippen LogP contribution in [0.4, 0.5) is 11.4 Å². The highest BCUT2D eigenvalue weighted by atomic mass is 35.5. The molecule has 8 heteroatoms. The Morgan fingerprint density at radius 2 is 1.53 bits per heavy atom. The molecule has 0 spiro atoms. The highest BCUT2D eigenvalue weighted by molar-refractivity contribution is 6.29. The van der Waals surface area contributed by atoms with Crippen LogP contribution in [0.15, 0.2) is 48.7 Å². The molecule has 0 N–H and O–H groups in total. The molecule has 0 aliphatic carbocycles. The third-order valence-electron chi connectivity index (χ3n) is 1.88. The Hall–Kier alpha value is -2.54. The lowest BCUT2D eigenvalue weighted by Gasteiger charge is -1.90. The molecular formula is C11H8ClN3O4. The van der Waals surface area contributed by atoms with E-state index < -0.39 is 9.85 Å². The predicted molar refractivity (Wildman–Crippen MR) is 69.0 cm³/mol. The summed E-state index contributed by atoms with van der Waals surface area (Å²) in [6, 6.07) is 10.00. The molecule has 7 nitrogen and oxygen atoms in total. The van der Waals surface area contributed by atoms with Crippen LogP contribution in [-0.4, -0.2) is 14.8 Å². The minimum atomic E-state index is -0.674. The van der Waals surface area contributed by atoms with Crippen molar-refractivity contribution in [3.8, 4) is 0 Å². The summed E-state index contributed by atoms with van der Waals surface area (Å²) in [5.41, 5.74) is -0.548. The first-order valence-corrected chi connectivity index (χ1v) is 5.34. The first kappa shape index (κ1) is 14.5. The van der Waals surface area contributed by atoms with Gasteiger partial charge in [0.2, 0.25) is 0 Å². The summed E-state index contributed by atoms with van der Waals surface area (Å²) in [5, 5.41) is 20.9. The van der Waals surface area contributed by atoms with Gasteiger partial charge in [-0.05, 0) is 18.2 Å². The maximum Gasteiger partial charge on any atom is 0.276 e. The minimum absolute atomic E-state index is 0.274. The van der Waals surface area contributed by atoms with Crippen molar-refractivity contribution in [2.45, 2.75) is 0 Å². The second-order valence-electron chi connectivity index (χ2n) is 3.19. The number of nitro benzene ring substituents is 2. The summed E-state index contributed by atoms with van der Waals surface area (Å²) in [5.74, 6) is 0. The monoisotopic (exact) mass is 281 g/mol. The number of nitro groups is 2. The Morgan fingerprint density at radius 3 is 1.84 bits per heavy atom. The molecule has 98 valence electrons. The van der Waals surface area contributed by atoms with Crippen LogP contribution in [0.3, 0.4) is 0 Å². The normalized spacial score (nSPS) is 9.11. The summed E-state index contributed by atoms with van der Waals surface area (Å²) >= 11 is 5.43. The molecule has 0 saturated heterocycles. The van der Waals surface area contributed by atoms with Crippen molar-refractivity contribution in [2.24, 2.45) is 0 Å². The molecule has 0 aliphatic heterocycles. The number of non-ortho nitro benzene ring substituents is 2. The fourth-order valence-electron chi connectivity index (χ4n) is 1.06. The van der Waals surface area contributed by atoms with Gasteiger partial charge in [-0.2, -0.15) is 0 Å². The van der Waals surface area contributed by atoms with Crippen molar-refractivity contribution in [1.29, 1.82) is 0 Å². The Kier molecular flexibility index (Phi) is 5.36. The van der Waals surface area contributed by atoms with Crippen LogP contribution >= 0.6 is 11.6 Å². The molecule has 1 aromatic heterocycles. The molecule has 1 aromatic carbocycles. The van der Waals surface area contributed by atoms with Crippen LogP contribution in [0.1, 0.15) is 0 Å². The Labute approximate surface area is 112 Å². The third-order valence-corrected chi connectivity index (χ3v) is 2.10. The summed E-state index contributed by atoms with van der Waals surface area (Å²) in [6.45, 7) is 0. The molecule has 0 saturated carbocycles. The first-order chi connectivity index (χ1) is 9.00. The third kappa shape index (κ3) is 5.09. The molecule has 2 rings (SSSR count). The molecule has 1 heterocycles. The topological polar surface area (TPSA) is 99.2 Å². The van der Waals surface area contributed by atoms with Crippen LogP contribution in [0, 0.1) is 20.2 Å². The average molecular weight is 282 g/mol. The van der Waals surface area contributed by atoms with Crippen LogP contribution in [0.25, 0.3) is 0 Å². The number of rotatable bonds is 2. The van der Waals surface area contributed by atoms with Gasteiger partial charge in [0.05, 0.1) is 15.9 Å². The van der Waals surface area contributed by atoms with Gasteiger partial charge >= 0.3 is 0 Å². The lowest BCUT2D eigenvalue weighted by molar-refractivity contribution is -0.394. The maximum absolute atomic E-state index is 10.2. The van der Waals surface area contributed by atoms with Crippen LogP contribution in [0.2, 0.25) is 5.15 Å². The lowest BCUT2D eigenvalue weighted by Crippen LogP contribution is -1.91. The molecule has 0 radical (unpaired) electrons. The first-order valence-electron chi connectivity index (χ1n) is 4.96.